The second kappa shape index (κ2) is 8.20. The van der Waals surface area contributed by atoms with Gasteiger partial charge in [0.25, 0.3) is 0 Å². The maximum Gasteiger partial charge on any atom is 0.0451 e. The van der Waals surface area contributed by atoms with Crippen LogP contribution in [0.3, 0.4) is 0 Å². The van der Waals surface area contributed by atoms with E-state index >= 15 is 0 Å². The van der Waals surface area contributed by atoms with Crippen LogP contribution in [-0.4, -0.2) is 17.8 Å². The van der Waals surface area contributed by atoms with E-state index in [0.717, 1.165) is 19.4 Å². The first kappa shape index (κ1) is 16.1. The maximum absolute atomic E-state index is 4.56. The van der Waals surface area contributed by atoms with Crippen molar-refractivity contribution in [2.45, 2.75) is 37.6 Å². The third-order valence-corrected chi connectivity index (χ3v) is 4.48. The number of rotatable bonds is 7. The summed E-state index contributed by atoms with van der Waals surface area (Å²) in [5.41, 5.74) is 3.83. The molecule has 0 bridgehead atoms. The van der Waals surface area contributed by atoms with Crippen molar-refractivity contribution >= 4 is 11.8 Å². The highest BCUT2D eigenvalue weighted by Crippen LogP contribution is 2.28. The summed E-state index contributed by atoms with van der Waals surface area (Å²) in [6.07, 6.45) is 6.10. The molecule has 2 nitrogen and oxygen atoms in total. The van der Waals surface area contributed by atoms with E-state index in [1.54, 1.807) is 0 Å². The van der Waals surface area contributed by atoms with Gasteiger partial charge in [0.1, 0.15) is 0 Å². The van der Waals surface area contributed by atoms with Crippen molar-refractivity contribution < 1.29 is 0 Å². The Morgan fingerprint density at radius 1 is 1.19 bits per heavy atom. The zero-order chi connectivity index (χ0) is 15.1. The van der Waals surface area contributed by atoms with Crippen LogP contribution in [0.2, 0.25) is 0 Å². The predicted octanol–water partition coefficient (Wildman–Crippen LogP) is 4.40. The van der Waals surface area contributed by atoms with Gasteiger partial charge in [-0.05, 0) is 49.4 Å². The molecule has 1 aromatic carbocycles. The van der Waals surface area contributed by atoms with Crippen LogP contribution in [0.25, 0.3) is 0 Å². The summed E-state index contributed by atoms with van der Waals surface area (Å²) >= 11 is 1.81. The molecule has 0 saturated heterocycles. The van der Waals surface area contributed by atoms with Crippen LogP contribution in [0, 0.1) is 6.92 Å². The number of benzene rings is 1. The van der Waals surface area contributed by atoms with Crippen LogP contribution in [-0.2, 0) is 6.42 Å². The van der Waals surface area contributed by atoms with Crippen molar-refractivity contribution in [1.29, 1.82) is 0 Å². The lowest BCUT2D eigenvalue weighted by Crippen LogP contribution is -2.25. The highest BCUT2D eigenvalue weighted by atomic mass is 32.2. The summed E-state index contributed by atoms with van der Waals surface area (Å²) in [6.45, 7) is 5.37. The molecule has 0 amide bonds. The zero-order valence-electron chi connectivity index (χ0n) is 13.1. The molecule has 0 fully saturated rings. The summed E-state index contributed by atoms with van der Waals surface area (Å²) in [4.78, 5) is 5.91. The third-order valence-electron chi connectivity index (χ3n) is 3.67. The first-order valence-electron chi connectivity index (χ1n) is 7.53. The number of aryl methyl sites for hydroxylation is 1. The Balaban J connectivity index is 2.28. The average molecular weight is 300 g/mol. The lowest BCUT2D eigenvalue weighted by Gasteiger charge is -2.21. The van der Waals surface area contributed by atoms with Crippen LogP contribution in [0.15, 0.2) is 47.5 Å². The van der Waals surface area contributed by atoms with E-state index in [2.05, 4.69) is 60.7 Å². The van der Waals surface area contributed by atoms with Gasteiger partial charge >= 0.3 is 0 Å². The molecule has 1 atom stereocenters. The van der Waals surface area contributed by atoms with E-state index in [1.807, 2.05) is 24.0 Å². The van der Waals surface area contributed by atoms with Crippen LogP contribution < -0.4 is 5.32 Å². The summed E-state index contributed by atoms with van der Waals surface area (Å²) < 4.78 is 0. The highest BCUT2D eigenvalue weighted by molar-refractivity contribution is 7.98. The van der Waals surface area contributed by atoms with Crippen LogP contribution in [0.1, 0.15) is 36.2 Å². The fourth-order valence-corrected chi connectivity index (χ4v) is 3.15. The Morgan fingerprint density at radius 2 is 2.00 bits per heavy atom. The summed E-state index contributed by atoms with van der Waals surface area (Å²) in [7, 11) is 0. The highest BCUT2D eigenvalue weighted by Gasteiger charge is 2.16. The van der Waals surface area contributed by atoms with Crippen LogP contribution in [0.4, 0.5) is 0 Å². The second-order valence-corrected chi connectivity index (χ2v) is 6.07. The Kier molecular flexibility index (Phi) is 6.27. The van der Waals surface area contributed by atoms with Gasteiger partial charge in [-0.2, -0.15) is 0 Å². The monoisotopic (exact) mass is 300 g/mol. The van der Waals surface area contributed by atoms with Gasteiger partial charge in [0, 0.05) is 29.2 Å². The number of aromatic nitrogens is 1. The van der Waals surface area contributed by atoms with E-state index in [9.17, 15) is 0 Å². The average Bonchev–Trinajstić information content (AvgIpc) is 2.53. The molecule has 0 spiro atoms. The Labute approximate surface area is 132 Å². The van der Waals surface area contributed by atoms with Gasteiger partial charge in [0.2, 0.25) is 0 Å². The summed E-state index contributed by atoms with van der Waals surface area (Å²) in [5, 5.41) is 3.68. The third kappa shape index (κ3) is 4.32. The SMILES string of the molecule is CCCNC(Cc1ncccc1C)c1ccccc1SC. The number of hydrogen-bond acceptors (Lipinski definition) is 3. The van der Waals surface area contributed by atoms with Crippen LogP contribution >= 0.6 is 11.8 Å². The molecular weight excluding hydrogens is 276 g/mol. The lowest BCUT2D eigenvalue weighted by molar-refractivity contribution is 0.517. The molecular formula is C18H24N2S. The minimum atomic E-state index is 0.321. The number of nitrogens with zero attached hydrogens (tertiary/aromatic N) is 1. The van der Waals surface area contributed by atoms with E-state index in [0.29, 0.717) is 6.04 Å². The van der Waals surface area contributed by atoms with Gasteiger partial charge in [-0.25, -0.2) is 0 Å². The predicted molar refractivity (Wildman–Crippen MR) is 91.9 cm³/mol. The fraction of sp³-hybridized carbons (Fsp3) is 0.389. The first-order chi connectivity index (χ1) is 10.3. The standard InChI is InChI=1S/C18H24N2S/c1-4-11-19-17(13-16-14(2)8-7-12-20-16)15-9-5-6-10-18(15)21-3/h5-10,12,17,19H,4,11,13H2,1-3H3. The Morgan fingerprint density at radius 3 is 2.71 bits per heavy atom. The second-order valence-electron chi connectivity index (χ2n) is 5.22. The van der Waals surface area contributed by atoms with E-state index in [-0.39, 0.29) is 0 Å². The van der Waals surface area contributed by atoms with Crippen LogP contribution in [0.5, 0.6) is 0 Å². The number of pyridine rings is 1. The molecule has 1 heterocycles. The topological polar surface area (TPSA) is 24.9 Å². The maximum atomic E-state index is 4.56. The van der Waals surface area contributed by atoms with Crippen molar-refractivity contribution in [2.24, 2.45) is 0 Å². The molecule has 1 N–H and O–H groups in total. The molecule has 2 aromatic rings. The Hall–Kier alpha value is -1.32. The molecule has 1 unspecified atom stereocenters. The molecule has 0 aliphatic heterocycles. The van der Waals surface area contributed by atoms with Gasteiger partial charge < -0.3 is 5.32 Å². The number of thioether (sulfide) groups is 1. The lowest BCUT2D eigenvalue weighted by atomic mass is 9.99. The van der Waals surface area contributed by atoms with Crippen molar-refractivity contribution in [3.63, 3.8) is 0 Å². The van der Waals surface area contributed by atoms with Crippen molar-refractivity contribution in [3.05, 3.63) is 59.4 Å². The van der Waals surface area contributed by atoms with E-state index < -0.39 is 0 Å². The summed E-state index contributed by atoms with van der Waals surface area (Å²) in [6, 6.07) is 13.1. The minimum Gasteiger partial charge on any atom is -0.310 e. The largest absolute Gasteiger partial charge is 0.310 e. The number of hydrogen-bond donors (Lipinski definition) is 1. The fourth-order valence-electron chi connectivity index (χ4n) is 2.49. The van der Waals surface area contributed by atoms with Crippen molar-refractivity contribution in [1.82, 2.24) is 10.3 Å². The van der Waals surface area contributed by atoms with Crippen molar-refractivity contribution in [2.75, 3.05) is 12.8 Å². The Bertz CT molecular complexity index is 569. The van der Waals surface area contributed by atoms with Gasteiger partial charge in [0.05, 0.1) is 0 Å². The quantitative estimate of drug-likeness (QED) is 0.767. The molecule has 0 radical (unpaired) electrons. The normalized spacial score (nSPS) is 12.3. The molecule has 112 valence electrons. The minimum absolute atomic E-state index is 0.321. The van der Waals surface area contributed by atoms with Gasteiger partial charge in [0.15, 0.2) is 0 Å². The van der Waals surface area contributed by atoms with Crippen molar-refractivity contribution in [3.8, 4) is 0 Å². The van der Waals surface area contributed by atoms with Gasteiger partial charge in [-0.15, -0.1) is 11.8 Å². The first-order valence-corrected chi connectivity index (χ1v) is 8.75. The molecule has 0 aliphatic carbocycles. The smallest absolute Gasteiger partial charge is 0.0451 e. The summed E-state index contributed by atoms with van der Waals surface area (Å²) in [5.74, 6) is 0. The molecule has 1 aromatic heterocycles. The van der Waals surface area contributed by atoms with E-state index in [4.69, 9.17) is 0 Å². The van der Waals surface area contributed by atoms with E-state index in [1.165, 1.54) is 21.7 Å². The molecule has 21 heavy (non-hydrogen) atoms. The van der Waals surface area contributed by atoms with Gasteiger partial charge in [-0.1, -0.05) is 31.2 Å². The molecule has 3 heteroatoms. The number of nitrogens with one attached hydrogen (secondary N) is 1. The van der Waals surface area contributed by atoms with Gasteiger partial charge in [-0.3, -0.25) is 4.98 Å². The zero-order valence-corrected chi connectivity index (χ0v) is 13.9. The molecule has 0 aliphatic rings. The molecule has 0 saturated carbocycles. The molecule has 2 rings (SSSR count).